The summed E-state index contributed by atoms with van der Waals surface area (Å²) in [5.41, 5.74) is 0.410. The van der Waals surface area contributed by atoms with E-state index in [0.29, 0.717) is 64.0 Å². The van der Waals surface area contributed by atoms with Crippen LogP contribution in [0.2, 0.25) is 0 Å². The SMILES string of the molecule is CCc1nonc1C(=O)N[C@H](C(=O)Nc1ccc([C@H](C)[C@@H](NC(=O)C(C)(F)F)C(=O)N2CCN(C)CC2)cc1F)C1CCC(C)CC1. The number of rotatable bonds is 11. The maximum Gasteiger partial charge on any atom is 0.321 e. The number of piperazine rings is 1. The topological polar surface area (TPSA) is 150 Å². The molecular formula is C32H44F3N7O5. The van der Waals surface area contributed by atoms with E-state index < -0.39 is 53.4 Å². The Morgan fingerprint density at radius 3 is 2.30 bits per heavy atom. The molecule has 1 aliphatic carbocycles. The van der Waals surface area contributed by atoms with Gasteiger partial charge in [0.05, 0.1) is 5.69 Å². The van der Waals surface area contributed by atoms with Crippen molar-refractivity contribution in [2.75, 3.05) is 38.5 Å². The molecule has 2 aromatic rings. The molecule has 2 fully saturated rings. The highest BCUT2D eigenvalue weighted by Crippen LogP contribution is 2.32. The van der Waals surface area contributed by atoms with Crippen molar-refractivity contribution < 1.29 is 37.0 Å². The van der Waals surface area contributed by atoms with Gasteiger partial charge >= 0.3 is 5.92 Å². The van der Waals surface area contributed by atoms with Gasteiger partial charge in [-0.15, -0.1) is 0 Å². The molecule has 15 heteroatoms. The van der Waals surface area contributed by atoms with E-state index in [4.69, 9.17) is 4.63 Å². The van der Waals surface area contributed by atoms with Crippen LogP contribution in [0, 0.1) is 17.7 Å². The Kier molecular flexibility index (Phi) is 11.6. The zero-order valence-electron chi connectivity index (χ0n) is 27.4. The lowest BCUT2D eigenvalue weighted by Crippen LogP contribution is -2.57. The van der Waals surface area contributed by atoms with Crippen molar-refractivity contribution in [3.05, 3.63) is 41.0 Å². The van der Waals surface area contributed by atoms with Crippen LogP contribution >= 0.6 is 0 Å². The zero-order valence-corrected chi connectivity index (χ0v) is 27.4. The van der Waals surface area contributed by atoms with E-state index in [-0.39, 0.29) is 22.9 Å². The molecule has 1 aliphatic heterocycles. The van der Waals surface area contributed by atoms with E-state index in [0.717, 1.165) is 18.9 Å². The molecule has 3 atom stereocenters. The third-order valence-electron chi connectivity index (χ3n) is 9.25. The Hall–Kier alpha value is -4.01. The van der Waals surface area contributed by atoms with E-state index in [1.807, 2.05) is 11.9 Å². The smallest absolute Gasteiger partial charge is 0.321 e. The Labute approximate surface area is 272 Å². The van der Waals surface area contributed by atoms with Gasteiger partial charge in [-0.2, -0.15) is 8.78 Å². The first kappa shape index (κ1) is 35.8. The van der Waals surface area contributed by atoms with Gasteiger partial charge in [-0.3, -0.25) is 19.2 Å². The molecule has 2 aliphatic rings. The summed E-state index contributed by atoms with van der Waals surface area (Å²) in [4.78, 5) is 56.0. The minimum absolute atomic E-state index is 0.0207. The Morgan fingerprint density at radius 1 is 1.04 bits per heavy atom. The number of aryl methyl sites for hydroxylation is 1. The summed E-state index contributed by atoms with van der Waals surface area (Å²) < 4.78 is 48.0. The fourth-order valence-electron chi connectivity index (χ4n) is 6.05. The monoisotopic (exact) mass is 663 g/mol. The number of carbonyl (C=O) groups excluding carboxylic acids is 4. The second-order valence-corrected chi connectivity index (χ2v) is 12.9. The van der Waals surface area contributed by atoms with Gasteiger partial charge in [0.1, 0.15) is 23.6 Å². The van der Waals surface area contributed by atoms with Gasteiger partial charge in [-0.25, -0.2) is 9.02 Å². The maximum absolute atomic E-state index is 15.6. The molecule has 4 rings (SSSR count). The first-order valence-electron chi connectivity index (χ1n) is 16.1. The van der Waals surface area contributed by atoms with Crippen LogP contribution in [0.3, 0.4) is 0 Å². The van der Waals surface area contributed by atoms with Crippen molar-refractivity contribution >= 4 is 29.3 Å². The minimum Gasteiger partial charge on any atom is -0.339 e. The van der Waals surface area contributed by atoms with Crippen molar-refractivity contribution in [1.82, 2.24) is 30.7 Å². The predicted octanol–water partition coefficient (Wildman–Crippen LogP) is 3.35. The number of halogens is 3. The van der Waals surface area contributed by atoms with Crippen LogP contribution in [-0.4, -0.2) is 95.0 Å². The molecular weight excluding hydrogens is 619 g/mol. The van der Waals surface area contributed by atoms with Crippen LogP contribution in [0.4, 0.5) is 18.9 Å². The third kappa shape index (κ3) is 8.87. The summed E-state index contributed by atoms with van der Waals surface area (Å²) >= 11 is 0. The minimum atomic E-state index is -3.73. The fraction of sp³-hybridized carbons (Fsp3) is 0.625. The van der Waals surface area contributed by atoms with Crippen LogP contribution in [0.15, 0.2) is 22.8 Å². The number of nitrogens with one attached hydrogen (secondary N) is 3. The number of anilines is 1. The number of amides is 4. The Balaban J connectivity index is 1.54. The summed E-state index contributed by atoms with van der Waals surface area (Å²) in [5.74, 6) is -8.59. The molecule has 0 spiro atoms. The molecule has 12 nitrogen and oxygen atoms in total. The normalized spacial score (nSPS) is 21.0. The van der Waals surface area contributed by atoms with Gasteiger partial charge in [0, 0.05) is 39.0 Å². The molecule has 1 saturated heterocycles. The summed E-state index contributed by atoms with van der Waals surface area (Å²) in [7, 11) is 1.90. The summed E-state index contributed by atoms with van der Waals surface area (Å²) in [6.45, 7) is 7.73. The number of likely N-dealkylation sites (N-methyl/N-ethyl adjacent to an activating group) is 1. The highest BCUT2D eigenvalue weighted by molar-refractivity contribution is 6.01. The lowest BCUT2D eigenvalue weighted by atomic mass is 9.79. The average Bonchev–Trinajstić information content (AvgIpc) is 3.52. The maximum atomic E-state index is 15.6. The van der Waals surface area contributed by atoms with Crippen LogP contribution < -0.4 is 16.0 Å². The zero-order chi connectivity index (χ0) is 34.5. The van der Waals surface area contributed by atoms with Gasteiger partial charge < -0.3 is 25.8 Å². The average molecular weight is 664 g/mol. The largest absolute Gasteiger partial charge is 0.339 e. The lowest BCUT2D eigenvalue weighted by Gasteiger charge is -2.36. The molecule has 0 unspecified atom stereocenters. The van der Waals surface area contributed by atoms with E-state index in [2.05, 4.69) is 33.2 Å². The van der Waals surface area contributed by atoms with E-state index >= 15 is 4.39 Å². The number of aromatic nitrogens is 2. The van der Waals surface area contributed by atoms with Crippen LogP contribution in [-0.2, 0) is 20.8 Å². The van der Waals surface area contributed by atoms with Gasteiger partial charge in [-0.05, 0) is 61.0 Å². The lowest BCUT2D eigenvalue weighted by molar-refractivity contribution is -0.148. The number of benzene rings is 1. The molecule has 0 bridgehead atoms. The van der Waals surface area contributed by atoms with E-state index in [1.54, 1.807) is 13.8 Å². The molecule has 4 amide bonds. The second kappa shape index (κ2) is 15.3. The second-order valence-electron chi connectivity index (χ2n) is 12.9. The molecule has 0 radical (unpaired) electrons. The number of hydrogen-bond acceptors (Lipinski definition) is 8. The number of carbonyl (C=O) groups is 4. The number of alkyl halides is 2. The van der Waals surface area contributed by atoms with Gasteiger partial charge in [-0.1, -0.05) is 44.8 Å². The van der Waals surface area contributed by atoms with Crippen molar-refractivity contribution in [1.29, 1.82) is 0 Å². The van der Waals surface area contributed by atoms with Crippen LogP contribution in [0.1, 0.15) is 81.0 Å². The molecule has 258 valence electrons. The van der Waals surface area contributed by atoms with E-state index in [1.165, 1.54) is 17.0 Å². The highest BCUT2D eigenvalue weighted by atomic mass is 19.3. The molecule has 3 N–H and O–H groups in total. The van der Waals surface area contributed by atoms with Crippen molar-refractivity contribution in [3.8, 4) is 0 Å². The first-order valence-corrected chi connectivity index (χ1v) is 16.1. The Bertz CT molecular complexity index is 1430. The molecule has 1 aromatic heterocycles. The molecule has 47 heavy (non-hydrogen) atoms. The standard InChI is InChI=1S/C32H44F3N7O5/c1-6-23-27(40-47-39-23)29(44)37-26(20-9-7-18(2)8-10-20)28(43)36-24-12-11-21(17-22(24)33)19(3)25(38-31(46)32(4,34)35)30(45)42-15-13-41(5)14-16-42/h11-12,17-20,25-26H,6-10,13-16H2,1-5H3,(H,36,43)(H,37,44)(H,38,46)/t18?,19-,20?,25+,26-/m0/s1. The fourth-order valence-corrected chi connectivity index (χ4v) is 6.05. The molecule has 1 aromatic carbocycles. The first-order chi connectivity index (χ1) is 22.2. The van der Waals surface area contributed by atoms with Crippen LogP contribution in [0.5, 0.6) is 0 Å². The Morgan fingerprint density at radius 2 is 1.70 bits per heavy atom. The molecule has 1 saturated carbocycles. The van der Waals surface area contributed by atoms with Gasteiger partial charge in [0.25, 0.3) is 11.8 Å². The van der Waals surface area contributed by atoms with Crippen LogP contribution in [0.25, 0.3) is 0 Å². The van der Waals surface area contributed by atoms with E-state index in [9.17, 15) is 28.0 Å². The number of hydrogen-bond donors (Lipinski definition) is 3. The van der Waals surface area contributed by atoms with Gasteiger partial charge in [0.15, 0.2) is 5.69 Å². The predicted molar refractivity (Wildman–Crippen MR) is 166 cm³/mol. The highest BCUT2D eigenvalue weighted by Gasteiger charge is 2.40. The summed E-state index contributed by atoms with van der Waals surface area (Å²) in [6.07, 6.45) is 3.49. The quantitative estimate of drug-likeness (QED) is 0.332. The van der Waals surface area contributed by atoms with Crippen molar-refractivity contribution in [2.24, 2.45) is 11.8 Å². The van der Waals surface area contributed by atoms with Crippen molar-refractivity contribution in [2.45, 2.75) is 83.7 Å². The molecule has 2 heterocycles. The number of nitrogens with zero attached hydrogens (tertiary/aromatic N) is 4. The summed E-state index contributed by atoms with van der Waals surface area (Å²) in [5, 5.41) is 14.9. The van der Waals surface area contributed by atoms with Gasteiger partial charge in [0.2, 0.25) is 11.8 Å². The summed E-state index contributed by atoms with van der Waals surface area (Å²) in [6, 6.07) is 1.50. The van der Waals surface area contributed by atoms with Crippen molar-refractivity contribution in [3.63, 3.8) is 0 Å². The third-order valence-corrected chi connectivity index (χ3v) is 9.25.